The number of aliphatic hydroxyl groups is 1. The monoisotopic (exact) mass is 474 g/mol. The van der Waals surface area contributed by atoms with Gasteiger partial charge in [-0.2, -0.15) is 13.2 Å². The zero-order valence-corrected chi connectivity index (χ0v) is 17.6. The SMILES string of the molecule is C=C(/C(=C\CC)NC(=O)c1cc(F)cc(C(F)(F)F)c1)C(NCO)c1cc(F)ccc1Cl. The molecule has 1 atom stereocenters. The van der Waals surface area contributed by atoms with Crippen LogP contribution in [0.1, 0.15) is 40.9 Å². The first-order valence-corrected chi connectivity index (χ1v) is 9.73. The topological polar surface area (TPSA) is 61.4 Å². The molecule has 4 nitrogen and oxygen atoms in total. The molecule has 0 saturated heterocycles. The molecule has 32 heavy (non-hydrogen) atoms. The Bertz CT molecular complexity index is 1040. The summed E-state index contributed by atoms with van der Waals surface area (Å²) in [6.45, 7) is 5.05. The minimum Gasteiger partial charge on any atom is -0.381 e. The van der Waals surface area contributed by atoms with E-state index in [1.165, 1.54) is 12.1 Å². The summed E-state index contributed by atoms with van der Waals surface area (Å²) < 4.78 is 66.4. The molecule has 2 aromatic carbocycles. The smallest absolute Gasteiger partial charge is 0.381 e. The summed E-state index contributed by atoms with van der Waals surface area (Å²) in [5.41, 5.74) is -1.42. The van der Waals surface area contributed by atoms with Gasteiger partial charge in [-0.3, -0.25) is 10.1 Å². The minimum atomic E-state index is -4.84. The van der Waals surface area contributed by atoms with Crippen molar-refractivity contribution in [3.63, 3.8) is 0 Å². The molecule has 0 bridgehead atoms. The highest BCUT2D eigenvalue weighted by molar-refractivity contribution is 6.31. The third-order valence-corrected chi connectivity index (χ3v) is 4.75. The van der Waals surface area contributed by atoms with Crippen molar-refractivity contribution < 1.29 is 31.9 Å². The van der Waals surface area contributed by atoms with Crippen LogP contribution in [-0.4, -0.2) is 17.7 Å². The summed E-state index contributed by atoms with van der Waals surface area (Å²) in [4.78, 5) is 12.6. The van der Waals surface area contributed by atoms with Gasteiger partial charge in [0.05, 0.1) is 18.3 Å². The summed E-state index contributed by atoms with van der Waals surface area (Å²) in [5, 5.41) is 14.6. The summed E-state index contributed by atoms with van der Waals surface area (Å²) >= 11 is 6.15. The van der Waals surface area contributed by atoms with E-state index in [0.29, 0.717) is 18.6 Å². The lowest BCUT2D eigenvalue weighted by Crippen LogP contribution is -2.31. The van der Waals surface area contributed by atoms with E-state index in [-0.39, 0.29) is 27.9 Å². The molecule has 0 radical (unpaired) electrons. The number of halogens is 6. The van der Waals surface area contributed by atoms with E-state index in [9.17, 15) is 31.9 Å². The second kappa shape index (κ2) is 10.7. The Kier molecular flexibility index (Phi) is 8.54. The van der Waals surface area contributed by atoms with Gasteiger partial charge in [0.2, 0.25) is 0 Å². The predicted molar refractivity (Wildman–Crippen MR) is 111 cm³/mol. The van der Waals surface area contributed by atoms with Gasteiger partial charge < -0.3 is 10.4 Å². The number of hydrogen-bond acceptors (Lipinski definition) is 3. The van der Waals surface area contributed by atoms with E-state index in [2.05, 4.69) is 17.2 Å². The molecular weight excluding hydrogens is 455 g/mol. The average molecular weight is 475 g/mol. The van der Waals surface area contributed by atoms with Crippen LogP contribution in [0.2, 0.25) is 5.02 Å². The third kappa shape index (κ3) is 6.38. The van der Waals surface area contributed by atoms with Gasteiger partial charge in [-0.1, -0.05) is 31.2 Å². The second-order valence-electron chi connectivity index (χ2n) is 6.69. The molecular formula is C22H20ClF5N2O2. The van der Waals surface area contributed by atoms with Gasteiger partial charge in [-0.05, 0) is 54.0 Å². The number of benzene rings is 2. The average Bonchev–Trinajstić information content (AvgIpc) is 2.72. The van der Waals surface area contributed by atoms with Crippen LogP contribution in [0.4, 0.5) is 22.0 Å². The number of carbonyl (C=O) groups is 1. The Balaban J connectivity index is 2.40. The molecule has 172 valence electrons. The maximum absolute atomic E-state index is 13.8. The first-order chi connectivity index (χ1) is 15.0. The van der Waals surface area contributed by atoms with Crippen molar-refractivity contribution in [2.75, 3.05) is 6.73 Å². The zero-order chi connectivity index (χ0) is 24.1. The van der Waals surface area contributed by atoms with Crippen LogP contribution >= 0.6 is 11.6 Å². The van der Waals surface area contributed by atoms with E-state index >= 15 is 0 Å². The van der Waals surface area contributed by atoms with E-state index in [4.69, 9.17) is 11.6 Å². The molecule has 0 aliphatic rings. The highest BCUT2D eigenvalue weighted by atomic mass is 35.5. The van der Waals surface area contributed by atoms with Crippen LogP contribution < -0.4 is 10.6 Å². The summed E-state index contributed by atoms with van der Waals surface area (Å²) in [6.07, 6.45) is -2.94. The summed E-state index contributed by atoms with van der Waals surface area (Å²) in [6, 6.07) is 4.09. The van der Waals surface area contributed by atoms with Crippen molar-refractivity contribution in [3.8, 4) is 0 Å². The van der Waals surface area contributed by atoms with Crippen LogP contribution in [0.5, 0.6) is 0 Å². The lowest BCUT2D eigenvalue weighted by molar-refractivity contribution is -0.137. The molecule has 0 aliphatic carbocycles. The van der Waals surface area contributed by atoms with Crippen molar-refractivity contribution in [1.29, 1.82) is 0 Å². The van der Waals surface area contributed by atoms with Gasteiger partial charge in [-0.15, -0.1) is 0 Å². The van der Waals surface area contributed by atoms with Gasteiger partial charge in [0.25, 0.3) is 5.91 Å². The number of allylic oxidation sites excluding steroid dienone is 1. The zero-order valence-electron chi connectivity index (χ0n) is 16.9. The van der Waals surface area contributed by atoms with E-state index in [1.54, 1.807) is 6.92 Å². The van der Waals surface area contributed by atoms with Crippen LogP contribution in [0.3, 0.4) is 0 Å². The first kappa shape index (κ1) is 25.5. The highest BCUT2D eigenvalue weighted by Crippen LogP contribution is 2.32. The van der Waals surface area contributed by atoms with Crippen LogP contribution in [-0.2, 0) is 6.18 Å². The Morgan fingerprint density at radius 2 is 1.88 bits per heavy atom. The third-order valence-electron chi connectivity index (χ3n) is 4.40. The maximum Gasteiger partial charge on any atom is 0.416 e. The Morgan fingerprint density at radius 3 is 2.47 bits per heavy atom. The van der Waals surface area contributed by atoms with Crippen molar-refractivity contribution >= 4 is 17.5 Å². The highest BCUT2D eigenvalue weighted by Gasteiger charge is 2.32. The number of carbonyl (C=O) groups excluding carboxylic acids is 1. The predicted octanol–water partition coefficient (Wildman–Crippen LogP) is 5.50. The number of rotatable bonds is 8. The molecule has 0 fully saturated rings. The fraction of sp³-hybridized carbons (Fsp3) is 0.227. The number of aliphatic hydroxyl groups excluding tert-OH is 1. The summed E-state index contributed by atoms with van der Waals surface area (Å²) in [5.74, 6) is -2.84. The Hall–Kier alpha value is -2.75. The number of nitrogens with one attached hydrogen (secondary N) is 2. The van der Waals surface area contributed by atoms with Gasteiger partial charge in [0, 0.05) is 16.3 Å². The molecule has 3 N–H and O–H groups in total. The van der Waals surface area contributed by atoms with Crippen molar-refractivity contribution in [3.05, 3.63) is 93.7 Å². The molecule has 0 aromatic heterocycles. The molecule has 1 amide bonds. The fourth-order valence-electron chi connectivity index (χ4n) is 2.95. The molecule has 0 heterocycles. The van der Waals surface area contributed by atoms with Crippen LogP contribution in [0.25, 0.3) is 0 Å². The number of amides is 1. The fourth-order valence-corrected chi connectivity index (χ4v) is 3.18. The Morgan fingerprint density at radius 1 is 1.19 bits per heavy atom. The van der Waals surface area contributed by atoms with Gasteiger partial charge in [0.15, 0.2) is 0 Å². The minimum absolute atomic E-state index is 0.0848. The molecule has 2 rings (SSSR count). The van der Waals surface area contributed by atoms with Crippen molar-refractivity contribution in [2.45, 2.75) is 25.6 Å². The van der Waals surface area contributed by atoms with Crippen LogP contribution in [0.15, 0.2) is 60.3 Å². The molecule has 0 saturated carbocycles. The number of alkyl halides is 3. The molecule has 10 heteroatoms. The lowest BCUT2D eigenvalue weighted by Gasteiger charge is -2.24. The molecule has 2 aromatic rings. The quantitative estimate of drug-likeness (QED) is 0.269. The van der Waals surface area contributed by atoms with Gasteiger partial charge in [-0.25, -0.2) is 8.78 Å². The van der Waals surface area contributed by atoms with E-state index < -0.39 is 47.6 Å². The van der Waals surface area contributed by atoms with Gasteiger partial charge in [0.1, 0.15) is 11.6 Å². The second-order valence-corrected chi connectivity index (χ2v) is 7.10. The van der Waals surface area contributed by atoms with Gasteiger partial charge >= 0.3 is 6.18 Å². The van der Waals surface area contributed by atoms with Crippen molar-refractivity contribution in [1.82, 2.24) is 10.6 Å². The van der Waals surface area contributed by atoms with E-state index in [0.717, 1.165) is 12.1 Å². The van der Waals surface area contributed by atoms with Crippen molar-refractivity contribution in [2.24, 2.45) is 0 Å². The van der Waals surface area contributed by atoms with Crippen LogP contribution in [0, 0.1) is 11.6 Å². The molecule has 1 unspecified atom stereocenters. The Labute approximate surface area is 186 Å². The standard InChI is InChI=1S/C22H20ClF5N2O2/c1-3-4-19(12(2)20(29-11-31)17-10-15(24)5-6-18(17)23)30-21(32)13-7-14(22(26,27)28)9-16(25)8-13/h4-10,20,29,31H,2-3,11H2,1H3,(H,30,32)/b19-4+. The van der Waals surface area contributed by atoms with E-state index in [1.807, 2.05) is 0 Å². The molecule has 0 spiro atoms. The summed E-state index contributed by atoms with van der Waals surface area (Å²) in [7, 11) is 0. The maximum atomic E-state index is 13.8. The number of hydrogen-bond donors (Lipinski definition) is 3. The molecule has 0 aliphatic heterocycles. The first-order valence-electron chi connectivity index (χ1n) is 9.35. The largest absolute Gasteiger partial charge is 0.416 e. The lowest BCUT2D eigenvalue weighted by atomic mass is 9.96. The normalized spacial score (nSPS) is 13.1.